The van der Waals surface area contributed by atoms with E-state index in [1.54, 1.807) is 12.4 Å². The van der Waals surface area contributed by atoms with Crippen LogP contribution in [0.2, 0.25) is 0 Å². The molecule has 3 aromatic carbocycles. The zero-order chi connectivity index (χ0) is 23.6. The van der Waals surface area contributed by atoms with E-state index in [-0.39, 0.29) is 0 Å². The normalized spacial score (nSPS) is 11.2. The van der Waals surface area contributed by atoms with Gasteiger partial charge in [-0.15, -0.1) is 10.2 Å². The van der Waals surface area contributed by atoms with Gasteiger partial charge >= 0.3 is 0 Å². The van der Waals surface area contributed by atoms with Crippen molar-refractivity contribution in [1.82, 2.24) is 10.2 Å². The number of nitrogens with zero attached hydrogens (tertiary/aromatic N) is 4. The lowest BCUT2D eigenvalue weighted by Crippen LogP contribution is -2.02. The van der Waals surface area contributed by atoms with Crippen LogP contribution >= 0.6 is 0 Å². The quantitative estimate of drug-likeness (QED) is 0.249. The number of hydrogen-bond acceptors (Lipinski definition) is 8. The maximum Gasteiger partial charge on any atom is 0.176 e. The third-order valence-electron chi connectivity index (χ3n) is 4.87. The van der Waals surface area contributed by atoms with Crippen molar-refractivity contribution in [1.29, 1.82) is 0 Å². The van der Waals surface area contributed by atoms with Crippen LogP contribution in [0.3, 0.4) is 0 Å². The molecule has 1 heterocycles. The van der Waals surface area contributed by atoms with E-state index in [4.69, 9.17) is 9.47 Å². The van der Waals surface area contributed by atoms with Gasteiger partial charge in [-0.1, -0.05) is 48.5 Å². The Kier molecular flexibility index (Phi) is 7.63. The van der Waals surface area contributed by atoms with Gasteiger partial charge in [0.1, 0.15) is 11.5 Å². The highest BCUT2D eigenvalue weighted by Crippen LogP contribution is 2.26. The molecule has 0 aliphatic rings. The number of aromatic nitrogens is 2. The largest absolute Gasteiger partial charge is 0.493 e. The topological polar surface area (TPSA) is 93.0 Å². The number of benzene rings is 3. The molecule has 1 aromatic heterocycles. The van der Waals surface area contributed by atoms with Gasteiger partial charge < -0.3 is 9.47 Å². The van der Waals surface area contributed by atoms with Crippen LogP contribution in [-0.4, -0.2) is 35.8 Å². The van der Waals surface area contributed by atoms with Crippen molar-refractivity contribution in [3.8, 4) is 11.5 Å². The van der Waals surface area contributed by atoms with Crippen LogP contribution in [-0.2, 0) is 0 Å². The summed E-state index contributed by atoms with van der Waals surface area (Å²) in [6, 6.07) is 23.2. The van der Waals surface area contributed by atoms with Crippen molar-refractivity contribution in [2.24, 2.45) is 10.2 Å². The van der Waals surface area contributed by atoms with Gasteiger partial charge in [-0.3, -0.25) is 10.9 Å². The molecule has 172 valence electrons. The fourth-order valence-electron chi connectivity index (χ4n) is 3.34. The zero-order valence-corrected chi connectivity index (χ0v) is 19.1. The Hall–Kier alpha value is -4.46. The minimum absolute atomic E-state index is 0.539. The van der Waals surface area contributed by atoms with Crippen LogP contribution in [0, 0.1) is 0 Å². The molecular formula is C26H26N6O2. The Labute approximate surface area is 198 Å². The van der Waals surface area contributed by atoms with Crippen molar-refractivity contribution in [3.63, 3.8) is 0 Å². The maximum atomic E-state index is 5.64. The SMILES string of the molecule is CCOc1ccccc1/C=N\Nc1nnc(N/N=C\c2ccccc2OCC)c2ccccc12. The van der Waals surface area contributed by atoms with Gasteiger partial charge in [0.15, 0.2) is 11.6 Å². The summed E-state index contributed by atoms with van der Waals surface area (Å²) in [5.41, 5.74) is 7.73. The summed E-state index contributed by atoms with van der Waals surface area (Å²) in [7, 11) is 0. The van der Waals surface area contributed by atoms with Crippen LogP contribution in [0.15, 0.2) is 83.0 Å². The molecule has 34 heavy (non-hydrogen) atoms. The summed E-state index contributed by atoms with van der Waals surface area (Å²) in [6.07, 6.45) is 3.40. The Morgan fingerprint density at radius 1 is 0.647 bits per heavy atom. The Morgan fingerprint density at radius 2 is 1.06 bits per heavy atom. The van der Waals surface area contributed by atoms with Crippen molar-refractivity contribution in [2.75, 3.05) is 24.1 Å². The lowest BCUT2D eigenvalue weighted by molar-refractivity contribution is 0.339. The molecule has 4 rings (SSSR count). The number of ether oxygens (including phenoxy) is 2. The van der Waals surface area contributed by atoms with Gasteiger partial charge in [-0.2, -0.15) is 10.2 Å². The molecule has 8 heteroatoms. The molecular weight excluding hydrogens is 428 g/mol. The minimum Gasteiger partial charge on any atom is -0.493 e. The number of fused-ring (bicyclic) bond motifs is 1. The van der Waals surface area contributed by atoms with Crippen LogP contribution in [0.5, 0.6) is 11.5 Å². The number of hydrogen-bond donors (Lipinski definition) is 2. The molecule has 0 spiro atoms. The summed E-state index contributed by atoms with van der Waals surface area (Å²) in [4.78, 5) is 0. The number of hydrazone groups is 2. The molecule has 4 aromatic rings. The zero-order valence-electron chi connectivity index (χ0n) is 19.1. The Balaban J connectivity index is 1.53. The number of anilines is 2. The average Bonchev–Trinajstić information content (AvgIpc) is 2.87. The Bertz CT molecular complexity index is 1210. The molecule has 0 amide bonds. The first-order valence-electron chi connectivity index (χ1n) is 11.1. The third-order valence-corrected chi connectivity index (χ3v) is 4.87. The molecule has 0 atom stereocenters. The molecule has 8 nitrogen and oxygen atoms in total. The van der Waals surface area contributed by atoms with Crippen molar-refractivity contribution in [3.05, 3.63) is 83.9 Å². The second kappa shape index (κ2) is 11.4. The molecule has 2 N–H and O–H groups in total. The predicted molar refractivity (Wildman–Crippen MR) is 137 cm³/mol. The summed E-state index contributed by atoms with van der Waals surface area (Å²) in [5, 5.41) is 19.0. The van der Waals surface area contributed by atoms with Crippen LogP contribution in [0.1, 0.15) is 25.0 Å². The van der Waals surface area contributed by atoms with Crippen molar-refractivity contribution < 1.29 is 9.47 Å². The average molecular weight is 455 g/mol. The first kappa shape index (κ1) is 22.7. The first-order chi connectivity index (χ1) is 16.8. The van der Waals surface area contributed by atoms with Gasteiger partial charge in [0.25, 0.3) is 0 Å². The monoisotopic (exact) mass is 454 g/mol. The highest BCUT2D eigenvalue weighted by Gasteiger charge is 2.08. The van der Waals surface area contributed by atoms with Crippen LogP contribution < -0.4 is 20.3 Å². The molecule has 0 radical (unpaired) electrons. The van der Waals surface area contributed by atoms with Gasteiger partial charge in [-0.05, 0) is 38.1 Å². The summed E-state index contributed by atoms with van der Waals surface area (Å²) in [6.45, 7) is 5.07. The molecule has 0 aliphatic heterocycles. The predicted octanol–water partition coefficient (Wildman–Crippen LogP) is 5.32. The van der Waals surface area contributed by atoms with Gasteiger partial charge in [0.2, 0.25) is 0 Å². The highest BCUT2D eigenvalue weighted by molar-refractivity contribution is 5.98. The standard InChI is InChI=1S/C26H26N6O2/c1-3-33-23-15-9-5-11-19(23)17-27-29-25-21-13-7-8-14-22(21)26(32-31-25)30-28-18-20-12-6-10-16-24(20)34-4-2/h5-18H,3-4H2,1-2H3,(H,29,31)(H,30,32)/b27-17-,28-18-. The molecule has 0 bridgehead atoms. The summed E-state index contributed by atoms with van der Waals surface area (Å²) in [5.74, 6) is 2.62. The van der Waals surface area contributed by atoms with E-state index in [0.29, 0.717) is 24.8 Å². The first-order valence-corrected chi connectivity index (χ1v) is 11.1. The second-order valence-electron chi connectivity index (χ2n) is 7.12. The summed E-state index contributed by atoms with van der Waals surface area (Å²) < 4.78 is 11.3. The van der Waals surface area contributed by atoms with E-state index in [1.165, 1.54) is 0 Å². The fourth-order valence-corrected chi connectivity index (χ4v) is 3.34. The van der Waals surface area contributed by atoms with Crippen LogP contribution in [0.4, 0.5) is 11.6 Å². The van der Waals surface area contributed by atoms with Gasteiger partial charge in [-0.25, -0.2) is 0 Å². The molecule has 0 saturated heterocycles. The highest BCUT2D eigenvalue weighted by atomic mass is 16.5. The van der Waals surface area contributed by atoms with E-state index in [9.17, 15) is 0 Å². The van der Waals surface area contributed by atoms with E-state index in [2.05, 4.69) is 31.3 Å². The van der Waals surface area contributed by atoms with E-state index >= 15 is 0 Å². The molecule has 0 aliphatic carbocycles. The van der Waals surface area contributed by atoms with E-state index in [0.717, 1.165) is 33.4 Å². The summed E-state index contributed by atoms with van der Waals surface area (Å²) >= 11 is 0. The lowest BCUT2D eigenvalue weighted by atomic mass is 10.2. The smallest absolute Gasteiger partial charge is 0.176 e. The number of para-hydroxylation sites is 2. The van der Waals surface area contributed by atoms with E-state index < -0.39 is 0 Å². The van der Waals surface area contributed by atoms with Gasteiger partial charge in [0.05, 0.1) is 25.6 Å². The van der Waals surface area contributed by atoms with Crippen molar-refractivity contribution >= 4 is 34.8 Å². The number of nitrogens with one attached hydrogen (secondary N) is 2. The van der Waals surface area contributed by atoms with Gasteiger partial charge in [0, 0.05) is 21.9 Å². The second-order valence-corrected chi connectivity index (χ2v) is 7.12. The Morgan fingerprint density at radius 3 is 1.50 bits per heavy atom. The minimum atomic E-state index is 0.539. The molecule has 0 saturated carbocycles. The third kappa shape index (κ3) is 5.47. The lowest BCUT2D eigenvalue weighted by Gasteiger charge is -2.09. The molecule has 0 unspecified atom stereocenters. The molecule has 0 fully saturated rings. The van der Waals surface area contributed by atoms with Crippen LogP contribution in [0.25, 0.3) is 10.8 Å². The fraction of sp³-hybridized carbons (Fsp3) is 0.154. The number of rotatable bonds is 10. The van der Waals surface area contributed by atoms with E-state index in [1.807, 2.05) is 86.6 Å². The maximum absolute atomic E-state index is 5.64. The van der Waals surface area contributed by atoms with Crippen molar-refractivity contribution in [2.45, 2.75) is 13.8 Å².